The van der Waals surface area contributed by atoms with Crippen LogP contribution in [0.5, 0.6) is 0 Å². The molecule has 0 heterocycles. The largest absolute Gasteiger partial charge is 0.464 e. The average molecular weight is 421 g/mol. The van der Waals surface area contributed by atoms with Crippen LogP contribution >= 0.6 is 0 Å². The van der Waals surface area contributed by atoms with Gasteiger partial charge in [-0.05, 0) is 57.9 Å². The molecule has 2 N–H and O–H groups in total. The number of carbonyl (C=O) groups is 3. The molecule has 0 spiro atoms. The molecular weight excluding hydrogens is 388 g/mol. The highest BCUT2D eigenvalue weighted by Gasteiger charge is 2.25. The molecule has 0 aromatic heterocycles. The highest BCUT2D eigenvalue weighted by Crippen LogP contribution is 2.24. The van der Waals surface area contributed by atoms with Gasteiger partial charge in [0.25, 0.3) is 0 Å². The Hall–Kier alpha value is -2.77. The van der Waals surface area contributed by atoms with Gasteiger partial charge in [-0.2, -0.15) is 0 Å². The van der Waals surface area contributed by atoms with Crippen molar-refractivity contribution >= 4 is 18.2 Å². The summed E-state index contributed by atoms with van der Waals surface area (Å²) < 4.78 is 15.6. The molecule has 0 bridgehead atoms. The first-order valence-corrected chi connectivity index (χ1v) is 10.4. The zero-order valence-corrected chi connectivity index (χ0v) is 17.9. The molecule has 1 aromatic carbocycles. The smallest absolute Gasteiger partial charge is 0.408 e. The average Bonchev–Trinajstić information content (AvgIpc) is 2.71. The second-order valence-electron chi connectivity index (χ2n) is 7.87. The number of nitrogens with one attached hydrogen (secondary N) is 2. The van der Waals surface area contributed by atoms with Gasteiger partial charge in [0.1, 0.15) is 12.6 Å². The van der Waals surface area contributed by atoms with Crippen molar-refractivity contribution in [1.82, 2.24) is 10.6 Å². The van der Waals surface area contributed by atoms with E-state index >= 15 is 0 Å². The first-order chi connectivity index (χ1) is 14.3. The molecule has 8 nitrogen and oxygen atoms in total. The molecular formula is C22H32N2O6. The van der Waals surface area contributed by atoms with Crippen molar-refractivity contribution in [2.75, 3.05) is 6.61 Å². The van der Waals surface area contributed by atoms with E-state index in [0.29, 0.717) is 6.61 Å². The van der Waals surface area contributed by atoms with Crippen molar-refractivity contribution in [2.24, 2.45) is 5.92 Å². The fourth-order valence-corrected chi connectivity index (χ4v) is 3.21. The van der Waals surface area contributed by atoms with Crippen LogP contribution in [0.4, 0.5) is 9.59 Å². The predicted molar refractivity (Wildman–Crippen MR) is 111 cm³/mol. The molecule has 0 unspecified atom stereocenters. The van der Waals surface area contributed by atoms with Gasteiger partial charge in [-0.3, -0.25) is 0 Å². The Morgan fingerprint density at radius 3 is 2.27 bits per heavy atom. The highest BCUT2D eigenvalue weighted by molar-refractivity contribution is 5.80. The standard InChI is InChI=1S/C22H32N2O6/c1-15(2)30-22(27)24-19-11-9-18(10-12-19)13-28-20(25)16(3)23-21(26)29-14-17-7-5-4-6-8-17/h4-8,15-16,18-19H,9-14H2,1-3H3,(H,23,26)(H,24,27)/t16-,18?,19?/m0/s1. The maximum atomic E-state index is 12.1. The van der Waals surface area contributed by atoms with E-state index in [0.717, 1.165) is 31.2 Å². The summed E-state index contributed by atoms with van der Waals surface area (Å²) >= 11 is 0. The molecule has 8 heteroatoms. The number of esters is 1. The van der Waals surface area contributed by atoms with Crippen molar-refractivity contribution < 1.29 is 28.6 Å². The summed E-state index contributed by atoms with van der Waals surface area (Å²) in [5.74, 6) is -0.252. The molecule has 2 rings (SSSR count). The van der Waals surface area contributed by atoms with Crippen LogP contribution in [0.3, 0.4) is 0 Å². The van der Waals surface area contributed by atoms with Gasteiger partial charge in [0.2, 0.25) is 0 Å². The fourth-order valence-electron chi connectivity index (χ4n) is 3.21. The summed E-state index contributed by atoms with van der Waals surface area (Å²) in [6, 6.07) is 8.59. The third-order valence-corrected chi connectivity index (χ3v) is 4.87. The van der Waals surface area contributed by atoms with Crippen molar-refractivity contribution in [2.45, 2.75) is 71.2 Å². The summed E-state index contributed by atoms with van der Waals surface area (Å²) in [7, 11) is 0. The number of benzene rings is 1. The number of hydrogen-bond donors (Lipinski definition) is 2. The zero-order chi connectivity index (χ0) is 21.9. The molecule has 0 saturated heterocycles. The number of ether oxygens (including phenoxy) is 3. The minimum Gasteiger partial charge on any atom is -0.464 e. The fraction of sp³-hybridized carbons (Fsp3) is 0.591. The molecule has 1 fully saturated rings. The molecule has 1 aliphatic carbocycles. The van der Waals surface area contributed by atoms with Crippen LogP contribution in [0.25, 0.3) is 0 Å². The molecule has 0 aliphatic heterocycles. The lowest BCUT2D eigenvalue weighted by molar-refractivity contribution is -0.147. The van der Waals surface area contributed by atoms with Gasteiger partial charge >= 0.3 is 18.2 Å². The molecule has 1 aromatic rings. The van der Waals surface area contributed by atoms with E-state index in [9.17, 15) is 14.4 Å². The van der Waals surface area contributed by atoms with Crippen LogP contribution in [0.2, 0.25) is 0 Å². The number of amides is 2. The Balaban J connectivity index is 1.61. The lowest BCUT2D eigenvalue weighted by Crippen LogP contribution is -2.41. The van der Waals surface area contributed by atoms with E-state index in [1.165, 1.54) is 0 Å². The Morgan fingerprint density at radius 1 is 0.967 bits per heavy atom. The van der Waals surface area contributed by atoms with Crippen LogP contribution in [0.1, 0.15) is 52.0 Å². The van der Waals surface area contributed by atoms with E-state index in [2.05, 4.69) is 10.6 Å². The monoisotopic (exact) mass is 420 g/mol. The Kier molecular flexibility index (Phi) is 9.44. The van der Waals surface area contributed by atoms with E-state index in [1.54, 1.807) is 6.92 Å². The molecule has 30 heavy (non-hydrogen) atoms. The van der Waals surface area contributed by atoms with Crippen molar-refractivity contribution in [3.63, 3.8) is 0 Å². The van der Waals surface area contributed by atoms with Crippen LogP contribution in [-0.2, 0) is 25.6 Å². The third kappa shape index (κ3) is 8.71. The molecule has 2 amide bonds. The van der Waals surface area contributed by atoms with Gasteiger partial charge < -0.3 is 24.8 Å². The summed E-state index contributed by atoms with van der Waals surface area (Å²) in [6.07, 6.45) is 2.13. The molecule has 166 valence electrons. The van der Waals surface area contributed by atoms with E-state index < -0.39 is 18.1 Å². The van der Waals surface area contributed by atoms with Crippen molar-refractivity contribution in [1.29, 1.82) is 0 Å². The lowest BCUT2D eigenvalue weighted by atomic mass is 9.86. The lowest BCUT2D eigenvalue weighted by Gasteiger charge is -2.29. The minimum absolute atomic E-state index is 0.0863. The second kappa shape index (κ2) is 12.0. The predicted octanol–water partition coefficient (Wildman–Crippen LogP) is 3.54. The van der Waals surface area contributed by atoms with Crippen molar-refractivity contribution in [3.8, 4) is 0 Å². The van der Waals surface area contributed by atoms with Crippen LogP contribution < -0.4 is 10.6 Å². The van der Waals surface area contributed by atoms with Crippen molar-refractivity contribution in [3.05, 3.63) is 35.9 Å². The van der Waals surface area contributed by atoms with Gasteiger partial charge in [0.05, 0.1) is 12.7 Å². The van der Waals surface area contributed by atoms with Gasteiger partial charge in [-0.25, -0.2) is 14.4 Å². The maximum absolute atomic E-state index is 12.1. The van der Waals surface area contributed by atoms with Crippen LogP contribution in [0.15, 0.2) is 30.3 Å². The van der Waals surface area contributed by atoms with Gasteiger partial charge in [0.15, 0.2) is 0 Å². The second-order valence-corrected chi connectivity index (χ2v) is 7.87. The summed E-state index contributed by atoms with van der Waals surface area (Å²) in [4.78, 5) is 35.6. The number of rotatable bonds is 8. The summed E-state index contributed by atoms with van der Waals surface area (Å²) in [5, 5.41) is 5.35. The minimum atomic E-state index is -0.794. The molecule has 0 radical (unpaired) electrons. The SMILES string of the molecule is CC(C)OC(=O)NC1CCC(COC(=O)[C@H](C)NC(=O)OCc2ccccc2)CC1. The number of alkyl carbamates (subject to hydrolysis) is 2. The normalized spacial score (nSPS) is 19.5. The van der Waals surface area contributed by atoms with E-state index in [4.69, 9.17) is 14.2 Å². The highest BCUT2D eigenvalue weighted by atomic mass is 16.6. The third-order valence-electron chi connectivity index (χ3n) is 4.87. The first-order valence-electron chi connectivity index (χ1n) is 10.4. The summed E-state index contributed by atoms with van der Waals surface area (Å²) in [5.41, 5.74) is 0.866. The topological polar surface area (TPSA) is 103 Å². The Labute approximate surface area is 177 Å². The van der Waals surface area contributed by atoms with E-state index in [1.807, 2.05) is 44.2 Å². The summed E-state index contributed by atoms with van der Waals surface area (Å²) in [6.45, 7) is 5.62. The quantitative estimate of drug-likeness (QED) is 0.493. The molecule has 1 saturated carbocycles. The number of carbonyl (C=O) groups excluding carboxylic acids is 3. The van der Waals surface area contributed by atoms with Gasteiger partial charge in [0, 0.05) is 6.04 Å². The first kappa shape index (κ1) is 23.5. The van der Waals surface area contributed by atoms with Crippen LogP contribution in [0, 0.1) is 5.92 Å². The Bertz CT molecular complexity index is 686. The number of hydrogen-bond acceptors (Lipinski definition) is 6. The van der Waals surface area contributed by atoms with Gasteiger partial charge in [-0.1, -0.05) is 30.3 Å². The zero-order valence-electron chi connectivity index (χ0n) is 17.9. The van der Waals surface area contributed by atoms with E-state index in [-0.39, 0.29) is 30.8 Å². The van der Waals surface area contributed by atoms with Crippen LogP contribution in [-0.4, -0.2) is 43.0 Å². The molecule has 1 atom stereocenters. The van der Waals surface area contributed by atoms with Gasteiger partial charge in [-0.15, -0.1) is 0 Å². The molecule has 1 aliphatic rings. The Morgan fingerprint density at radius 2 is 1.63 bits per heavy atom. The maximum Gasteiger partial charge on any atom is 0.408 e.